The third-order valence-corrected chi connectivity index (χ3v) is 7.80. The fourth-order valence-corrected chi connectivity index (χ4v) is 5.51. The van der Waals surface area contributed by atoms with Gasteiger partial charge in [-0.05, 0) is 62.2 Å². The standard InChI is InChI=1S/C26H29ClN2O5S/c1-17-10-13-24(34-5)25(14-17)35(31,32)29(20-12-11-18(2)22(27)15-20)16-26(30)28-19(3)21-8-6-7-9-23(21)33-4/h6-15,19H,16H2,1-5H3,(H,28,30)/t19-/m1/s1. The summed E-state index contributed by atoms with van der Waals surface area (Å²) >= 11 is 6.31. The van der Waals surface area contributed by atoms with E-state index in [1.165, 1.54) is 19.2 Å². The lowest BCUT2D eigenvalue weighted by Crippen LogP contribution is -2.41. The summed E-state index contributed by atoms with van der Waals surface area (Å²) in [4.78, 5) is 13.1. The number of hydrogen-bond donors (Lipinski definition) is 1. The molecular formula is C26H29ClN2O5S. The number of aryl methyl sites for hydroxylation is 2. The van der Waals surface area contributed by atoms with Crippen molar-refractivity contribution in [3.63, 3.8) is 0 Å². The Balaban J connectivity index is 2.00. The second-order valence-corrected chi connectivity index (χ2v) is 10.4. The Morgan fingerprint density at radius 2 is 1.69 bits per heavy atom. The maximum absolute atomic E-state index is 13.9. The molecule has 0 aromatic heterocycles. The van der Waals surface area contributed by atoms with Gasteiger partial charge in [-0.25, -0.2) is 8.42 Å². The molecule has 3 aromatic rings. The second kappa shape index (κ2) is 11.0. The normalized spacial score (nSPS) is 12.1. The Bertz CT molecular complexity index is 1330. The third kappa shape index (κ3) is 5.89. The van der Waals surface area contributed by atoms with Crippen molar-refractivity contribution < 1.29 is 22.7 Å². The average molecular weight is 517 g/mol. The SMILES string of the molecule is COc1ccccc1[C@@H](C)NC(=O)CN(c1ccc(C)c(Cl)c1)S(=O)(=O)c1cc(C)ccc1OC. The van der Waals surface area contributed by atoms with Crippen LogP contribution in [0.4, 0.5) is 5.69 Å². The summed E-state index contributed by atoms with van der Waals surface area (Å²) < 4.78 is 39.5. The van der Waals surface area contributed by atoms with E-state index in [1.807, 2.05) is 25.1 Å². The molecule has 0 bridgehead atoms. The van der Waals surface area contributed by atoms with Crippen LogP contribution in [0.1, 0.15) is 29.7 Å². The van der Waals surface area contributed by atoms with Crippen molar-refractivity contribution >= 4 is 33.2 Å². The predicted molar refractivity (Wildman–Crippen MR) is 138 cm³/mol. The topological polar surface area (TPSA) is 84.9 Å². The zero-order valence-corrected chi connectivity index (χ0v) is 21.9. The molecule has 0 aliphatic heterocycles. The first-order valence-electron chi connectivity index (χ1n) is 10.9. The number of nitrogens with zero attached hydrogens (tertiary/aromatic N) is 1. The molecule has 9 heteroatoms. The van der Waals surface area contributed by atoms with Gasteiger partial charge < -0.3 is 14.8 Å². The van der Waals surface area contributed by atoms with Crippen LogP contribution >= 0.6 is 11.6 Å². The molecule has 35 heavy (non-hydrogen) atoms. The number of sulfonamides is 1. The summed E-state index contributed by atoms with van der Waals surface area (Å²) in [5.41, 5.74) is 2.57. The lowest BCUT2D eigenvalue weighted by Gasteiger charge is -2.26. The Morgan fingerprint density at radius 1 is 1.00 bits per heavy atom. The van der Waals surface area contributed by atoms with Gasteiger partial charge in [0.1, 0.15) is 22.9 Å². The van der Waals surface area contributed by atoms with Crippen LogP contribution in [0.3, 0.4) is 0 Å². The number of methoxy groups -OCH3 is 2. The number of rotatable bonds is 9. The van der Waals surface area contributed by atoms with E-state index in [0.29, 0.717) is 10.8 Å². The lowest BCUT2D eigenvalue weighted by atomic mass is 10.1. The zero-order chi connectivity index (χ0) is 25.8. The Labute approximate surface area is 211 Å². The first-order chi connectivity index (χ1) is 16.6. The first kappa shape index (κ1) is 26.4. The second-order valence-electron chi connectivity index (χ2n) is 8.13. The average Bonchev–Trinajstić information content (AvgIpc) is 2.84. The van der Waals surface area contributed by atoms with E-state index >= 15 is 0 Å². The highest BCUT2D eigenvalue weighted by atomic mass is 35.5. The number of ether oxygens (including phenoxy) is 2. The molecule has 0 saturated carbocycles. The summed E-state index contributed by atoms with van der Waals surface area (Å²) in [5, 5.41) is 3.26. The van der Waals surface area contributed by atoms with Crippen molar-refractivity contribution in [2.45, 2.75) is 31.7 Å². The lowest BCUT2D eigenvalue weighted by molar-refractivity contribution is -0.120. The molecular weight excluding hydrogens is 488 g/mol. The fraction of sp³-hybridized carbons (Fsp3) is 0.269. The van der Waals surface area contributed by atoms with Crippen LogP contribution in [0, 0.1) is 13.8 Å². The summed E-state index contributed by atoms with van der Waals surface area (Å²) in [6.07, 6.45) is 0. The molecule has 7 nitrogen and oxygen atoms in total. The molecule has 1 atom stereocenters. The molecule has 186 valence electrons. The van der Waals surface area contributed by atoms with Gasteiger partial charge in [-0.3, -0.25) is 9.10 Å². The highest BCUT2D eigenvalue weighted by Gasteiger charge is 2.31. The monoisotopic (exact) mass is 516 g/mol. The van der Waals surface area contributed by atoms with Crippen molar-refractivity contribution in [2.24, 2.45) is 0 Å². The smallest absolute Gasteiger partial charge is 0.268 e. The van der Waals surface area contributed by atoms with E-state index < -0.39 is 28.5 Å². The number of nitrogens with one attached hydrogen (secondary N) is 1. The van der Waals surface area contributed by atoms with Crippen LogP contribution in [0.5, 0.6) is 11.5 Å². The molecule has 1 amide bonds. The van der Waals surface area contributed by atoms with Crippen molar-refractivity contribution in [3.8, 4) is 11.5 Å². The summed E-state index contributed by atoms with van der Waals surface area (Å²) in [6.45, 7) is 4.95. The molecule has 0 aliphatic carbocycles. The maximum atomic E-state index is 13.9. The number of para-hydroxylation sites is 1. The zero-order valence-electron chi connectivity index (χ0n) is 20.3. The van der Waals surface area contributed by atoms with Gasteiger partial charge in [-0.1, -0.05) is 41.9 Å². The molecule has 0 fully saturated rings. The Morgan fingerprint density at radius 3 is 2.34 bits per heavy atom. The van der Waals surface area contributed by atoms with Crippen molar-refractivity contribution in [1.82, 2.24) is 5.32 Å². The number of carbonyl (C=O) groups excluding carboxylic acids is 1. The van der Waals surface area contributed by atoms with Crippen LogP contribution in [-0.2, 0) is 14.8 Å². The van der Waals surface area contributed by atoms with E-state index in [9.17, 15) is 13.2 Å². The maximum Gasteiger partial charge on any atom is 0.268 e. The molecule has 0 unspecified atom stereocenters. The predicted octanol–water partition coefficient (Wildman–Crippen LogP) is 5.05. The van der Waals surface area contributed by atoms with Crippen molar-refractivity contribution in [1.29, 1.82) is 0 Å². The summed E-state index contributed by atoms with van der Waals surface area (Å²) in [7, 11) is -1.24. The number of anilines is 1. The molecule has 3 rings (SSSR count). The van der Waals surface area contributed by atoms with Crippen LogP contribution in [0.15, 0.2) is 65.6 Å². The van der Waals surface area contributed by atoms with Gasteiger partial charge in [0.15, 0.2) is 0 Å². The number of halogens is 1. The first-order valence-corrected chi connectivity index (χ1v) is 12.8. The third-order valence-electron chi connectivity index (χ3n) is 5.60. The van der Waals surface area contributed by atoms with Gasteiger partial charge in [-0.2, -0.15) is 0 Å². The fourth-order valence-electron chi connectivity index (χ4n) is 3.68. The number of benzene rings is 3. The van der Waals surface area contributed by atoms with Gasteiger partial charge in [0.2, 0.25) is 5.91 Å². The van der Waals surface area contributed by atoms with E-state index in [2.05, 4.69) is 5.32 Å². The van der Waals surface area contributed by atoms with Crippen LogP contribution in [0.2, 0.25) is 5.02 Å². The largest absolute Gasteiger partial charge is 0.496 e. The minimum Gasteiger partial charge on any atom is -0.496 e. The molecule has 0 heterocycles. The van der Waals surface area contributed by atoms with Gasteiger partial charge in [0.05, 0.1) is 25.9 Å². The van der Waals surface area contributed by atoms with Gasteiger partial charge in [0.25, 0.3) is 10.0 Å². The summed E-state index contributed by atoms with van der Waals surface area (Å²) in [5.74, 6) is 0.316. The van der Waals surface area contributed by atoms with Crippen LogP contribution in [-0.4, -0.2) is 35.1 Å². The quantitative estimate of drug-likeness (QED) is 0.430. The molecule has 0 spiro atoms. The number of carbonyl (C=O) groups is 1. The van der Waals surface area contributed by atoms with E-state index in [1.54, 1.807) is 51.3 Å². The highest BCUT2D eigenvalue weighted by molar-refractivity contribution is 7.93. The summed E-state index contributed by atoms with van der Waals surface area (Å²) in [6, 6.07) is 16.6. The van der Waals surface area contributed by atoms with Crippen molar-refractivity contribution in [3.05, 3.63) is 82.4 Å². The van der Waals surface area contributed by atoms with E-state index in [4.69, 9.17) is 21.1 Å². The Hall–Kier alpha value is -3.23. The van der Waals surface area contributed by atoms with E-state index in [0.717, 1.165) is 21.0 Å². The Kier molecular flexibility index (Phi) is 8.30. The van der Waals surface area contributed by atoms with Gasteiger partial charge >= 0.3 is 0 Å². The molecule has 3 aromatic carbocycles. The minimum atomic E-state index is -4.19. The minimum absolute atomic E-state index is 0.0396. The van der Waals surface area contributed by atoms with Gasteiger partial charge in [0, 0.05) is 10.6 Å². The number of amides is 1. The van der Waals surface area contributed by atoms with Crippen LogP contribution < -0.4 is 19.1 Å². The van der Waals surface area contributed by atoms with E-state index in [-0.39, 0.29) is 16.3 Å². The highest BCUT2D eigenvalue weighted by Crippen LogP contribution is 2.33. The molecule has 0 radical (unpaired) electrons. The molecule has 0 saturated heterocycles. The molecule has 0 aliphatic rings. The van der Waals surface area contributed by atoms with Crippen molar-refractivity contribution in [2.75, 3.05) is 25.1 Å². The van der Waals surface area contributed by atoms with Crippen LogP contribution in [0.25, 0.3) is 0 Å². The number of hydrogen-bond acceptors (Lipinski definition) is 5. The van der Waals surface area contributed by atoms with Gasteiger partial charge in [-0.15, -0.1) is 0 Å². The molecule has 1 N–H and O–H groups in total.